The Kier molecular flexibility index (Phi) is 3.36. The van der Waals surface area contributed by atoms with E-state index >= 15 is 0 Å². The number of nitrogens with zero attached hydrogens (tertiary/aromatic N) is 1. The van der Waals surface area contributed by atoms with Gasteiger partial charge in [-0.05, 0) is 29.8 Å². The zero-order chi connectivity index (χ0) is 14.1. The lowest BCUT2D eigenvalue weighted by atomic mass is 10.1. The van der Waals surface area contributed by atoms with Crippen LogP contribution in [0.5, 0.6) is 5.75 Å². The van der Waals surface area contributed by atoms with Crippen LogP contribution in [0.15, 0.2) is 46.9 Å². The number of hydrogen-bond acceptors (Lipinski definition) is 3. The van der Waals surface area contributed by atoms with Gasteiger partial charge < -0.3 is 15.3 Å². The van der Waals surface area contributed by atoms with Crippen LogP contribution in [0.25, 0.3) is 0 Å². The number of hydrogen-bond donors (Lipinski definition) is 2. The van der Waals surface area contributed by atoms with Crippen LogP contribution < -0.4 is 10.2 Å². The van der Waals surface area contributed by atoms with Gasteiger partial charge in [0.2, 0.25) is 5.91 Å². The number of amides is 1. The molecule has 0 aliphatic carbocycles. The van der Waals surface area contributed by atoms with E-state index in [2.05, 4.69) is 21.2 Å². The van der Waals surface area contributed by atoms with Crippen LogP contribution in [0.3, 0.4) is 0 Å². The summed E-state index contributed by atoms with van der Waals surface area (Å²) in [5, 5.41) is 12.9. The number of anilines is 2. The maximum Gasteiger partial charge on any atom is 0.243 e. The summed E-state index contributed by atoms with van der Waals surface area (Å²) < 4.78 is 0.864. The summed E-state index contributed by atoms with van der Waals surface area (Å²) in [6.07, 6.45) is 0. The van der Waals surface area contributed by atoms with Crippen molar-refractivity contribution in [1.29, 1.82) is 0 Å². The molecule has 0 saturated carbocycles. The molecule has 20 heavy (non-hydrogen) atoms. The summed E-state index contributed by atoms with van der Waals surface area (Å²) in [5.41, 5.74) is 2.50. The predicted molar refractivity (Wildman–Crippen MR) is 81.9 cm³/mol. The molecule has 2 aromatic rings. The van der Waals surface area contributed by atoms with Crippen LogP contribution in [0, 0.1) is 0 Å². The van der Waals surface area contributed by atoms with E-state index in [0.717, 1.165) is 15.7 Å². The van der Waals surface area contributed by atoms with Crippen molar-refractivity contribution in [3.63, 3.8) is 0 Å². The molecule has 2 aromatic carbocycles. The molecule has 0 atom stereocenters. The number of fused-ring (bicyclic) bond motifs is 1. The van der Waals surface area contributed by atoms with Gasteiger partial charge in [-0.25, -0.2) is 0 Å². The molecule has 0 fully saturated rings. The Morgan fingerprint density at radius 2 is 1.95 bits per heavy atom. The molecule has 0 bridgehead atoms. The molecule has 1 aliphatic rings. The molecule has 5 heteroatoms. The quantitative estimate of drug-likeness (QED) is 0.843. The number of phenols is 1. The van der Waals surface area contributed by atoms with Crippen LogP contribution in [0.2, 0.25) is 0 Å². The second kappa shape index (κ2) is 5.17. The first kappa shape index (κ1) is 13.0. The largest absolute Gasteiger partial charge is 0.506 e. The average Bonchev–Trinajstić information content (AvgIpc) is 2.59. The average molecular weight is 333 g/mol. The zero-order valence-corrected chi connectivity index (χ0v) is 12.2. The molecule has 0 unspecified atom stereocenters. The highest BCUT2D eigenvalue weighted by Crippen LogP contribution is 2.33. The normalized spacial score (nSPS) is 14.4. The van der Waals surface area contributed by atoms with Gasteiger partial charge in [0, 0.05) is 16.7 Å². The third kappa shape index (κ3) is 2.49. The Balaban J connectivity index is 2.02. The number of para-hydroxylation sites is 1. The molecule has 3 rings (SSSR count). The fraction of sp³-hybridized carbons (Fsp3) is 0.133. The summed E-state index contributed by atoms with van der Waals surface area (Å²) in [6.45, 7) is 0.775. The van der Waals surface area contributed by atoms with Crippen molar-refractivity contribution in [3.8, 4) is 5.75 Å². The van der Waals surface area contributed by atoms with Crippen LogP contribution in [-0.2, 0) is 11.3 Å². The van der Waals surface area contributed by atoms with E-state index in [-0.39, 0.29) is 18.2 Å². The second-order valence-electron chi connectivity index (χ2n) is 4.69. The standard InChI is InChI=1S/C15H13BrN2O2/c16-11-5-6-14(19)13(7-11)18-8-10-3-1-2-4-12(10)17-15(20)9-18/h1-7,19H,8-9H2,(H,17,20). The number of carbonyl (C=O) groups excluding carboxylic acids is 1. The maximum atomic E-state index is 12.0. The third-order valence-corrected chi connectivity index (χ3v) is 3.76. The number of carbonyl (C=O) groups is 1. The number of halogens is 1. The predicted octanol–water partition coefficient (Wildman–Crippen LogP) is 3.11. The number of phenolic OH excluding ortho intramolecular Hbond substituents is 1. The van der Waals surface area contributed by atoms with E-state index in [1.807, 2.05) is 35.2 Å². The van der Waals surface area contributed by atoms with Gasteiger partial charge in [-0.1, -0.05) is 34.1 Å². The van der Waals surface area contributed by atoms with E-state index in [1.165, 1.54) is 0 Å². The first-order valence-corrected chi connectivity index (χ1v) is 7.04. The fourth-order valence-corrected chi connectivity index (χ4v) is 2.67. The molecule has 4 nitrogen and oxygen atoms in total. The van der Waals surface area contributed by atoms with Gasteiger partial charge in [0.15, 0.2) is 0 Å². The Bertz CT molecular complexity index is 673. The van der Waals surface area contributed by atoms with E-state index in [0.29, 0.717) is 12.2 Å². The molecule has 102 valence electrons. The number of nitrogens with one attached hydrogen (secondary N) is 1. The smallest absolute Gasteiger partial charge is 0.243 e. The van der Waals surface area contributed by atoms with E-state index < -0.39 is 0 Å². The Hall–Kier alpha value is -2.01. The summed E-state index contributed by atoms with van der Waals surface area (Å²) in [4.78, 5) is 13.8. The highest BCUT2D eigenvalue weighted by molar-refractivity contribution is 9.10. The van der Waals surface area contributed by atoms with Crippen molar-refractivity contribution in [1.82, 2.24) is 0 Å². The van der Waals surface area contributed by atoms with Gasteiger partial charge in [-0.2, -0.15) is 0 Å². The summed E-state index contributed by atoms with van der Waals surface area (Å²) in [6, 6.07) is 12.9. The van der Waals surface area contributed by atoms with Crippen molar-refractivity contribution >= 4 is 33.2 Å². The first-order valence-electron chi connectivity index (χ1n) is 6.25. The fourth-order valence-electron chi connectivity index (χ4n) is 2.32. The molecule has 0 radical (unpaired) electrons. The second-order valence-corrected chi connectivity index (χ2v) is 5.61. The highest BCUT2D eigenvalue weighted by atomic mass is 79.9. The van der Waals surface area contributed by atoms with Crippen LogP contribution in [-0.4, -0.2) is 17.6 Å². The molecule has 2 N–H and O–H groups in total. The minimum Gasteiger partial charge on any atom is -0.506 e. The molecular formula is C15H13BrN2O2. The Morgan fingerprint density at radius 1 is 1.15 bits per heavy atom. The van der Waals surface area contributed by atoms with Crippen molar-refractivity contribution in [2.45, 2.75) is 6.54 Å². The van der Waals surface area contributed by atoms with Gasteiger partial charge in [-0.3, -0.25) is 4.79 Å². The third-order valence-electron chi connectivity index (χ3n) is 3.27. The summed E-state index contributed by atoms with van der Waals surface area (Å²) in [5.74, 6) is 0.0784. The van der Waals surface area contributed by atoms with Gasteiger partial charge in [0.25, 0.3) is 0 Å². The monoisotopic (exact) mass is 332 g/mol. The SMILES string of the molecule is O=C1CN(c2cc(Br)ccc2O)Cc2ccccc2N1. The van der Waals surface area contributed by atoms with Crippen molar-refractivity contribution < 1.29 is 9.90 Å². The van der Waals surface area contributed by atoms with Crippen molar-refractivity contribution in [3.05, 3.63) is 52.5 Å². The molecule has 0 saturated heterocycles. The van der Waals surface area contributed by atoms with E-state index in [1.54, 1.807) is 12.1 Å². The van der Waals surface area contributed by atoms with E-state index in [9.17, 15) is 9.90 Å². The van der Waals surface area contributed by atoms with Gasteiger partial charge in [0.05, 0.1) is 12.2 Å². The molecule has 1 amide bonds. The number of benzene rings is 2. The molecular weight excluding hydrogens is 320 g/mol. The highest BCUT2D eigenvalue weighted by Gasteiger charge is 2.21. The molecule has 1 heterocycles. The summed E-state index contributed by atoms with van der Waals surface area (Å²) in [7, 11) is 0. The Morgan fingerprint density at radius 3 is 2.80 bits per heavy atom. The van der Waals surface area contributed by atoms with Gasteiger partial charge >= 0.3 is 0 Å². The van der Waals surface area contributed by atoms with Crippen molar-refractivity contribution in [2.75, 3.05) is 16.8 Å². The number of aromatic hydroxyl groups is 1. The lowest BCUT2D eigenvalue weighted by molar-refractivity contribution is -0.114. The minimum absolute atomic E-state index is 0.0886. The maximum absolute atomic E-state index is 12.0. The lowest BCUT2D eigenvalue weighted by Crippen LogP contribution is -2.29. The van der Waals surface area contributed by atoms with Crippen LogP contribution in [0.1, 0.15) is 5.56 Å². The van der Waals surface area contributed by atoms with Crippen LogP contribution in [0.4, 0.5) is 11.4 Å². The van der Waals surface area contributed by atoms with Crippen molar-refractivity contribution in [2.24, 2.45) is 0 Å². The molecule has 0 spiro atoms. The first-order chi connectivity index (χ1) is 9.63. The van der Waals surface area contributed by atoms with Crippen LogP contribution >= 0.6 is 15.9 Å². The van der Waals surface area contributed by atoms with E-state index in [4.69, 9.17) is 0 Å². The van der Waals surface area contributed by atoms with Gasteiger partial charge in [0.1, 0.15) is 5.75 Å². The number of rotatable bonds is 1. The van der Waals surface area contributed by atoms with Gasteiger partial charge in [-0.15, -0.1) is 0 Å². The Labute approximate surface area is 125 Å². The zero-order valence-electron chi connectivity index (χ0n) is 10.6. The lowest BCUT2D eigenvalue weighted by Gasteiger charge is -2.23. The molecule has 1 aliphatic heterocycles. The minimum atomic E-state index is -0.0886. The molecule has 0 aromatic heterocycles. The topological polar surface area (TPSA) is 52.6 Å². The summed E-state index contributed by atoms with van der Waals surface area (Å²) >= 11 is 3.39.